The molecule has 156 valence electrons. The first-order valence-electron chi connectivity index (χ1n) is 9.47. The van der Waals surface area contributed by atoms with E-state index in [4.69, 9.17) is 23.7 Å². The topological polar surface area (TPSA) is 80.3 Å². The van der Waals surface area contributed by atoms with Crippen molar-refractivity contribution in [2.45, 2.75) is 26.2 Å². The number of esters is 1. The monoisotopic (exact) mass is 410 g/mol. The van der Waals surface area contributed by atoms with Crippen molar-refractivity contribution < 1.29 is 33.3 Å². The third kappa shape index (κ3) is 2.98. The first-order chi connectivity index (χ1) is 14.4. The Kier molecular flexibility index (Phi) is 4.89. The molecule has 0 N–H and O–H groups in total. The number of ether oxygens (including phenoxy) is 5. The average Bonchev–Trinajstić information content (AvgIpc) is 3.08. The van der Waals surface area contributed by atoms with E-state index in [-0.39, 0.29) is 18.2 Å². The molecule has 30 heavy (non-hydrogen) atoms. The number of hydrogen-bond acceptors (Lipinski definition) is 7. The Bertz CT molecular complexity index is 1070. The first-order valence-corrected chi connectivity index (χ1v) is 9.47. The molecule has 2 aliphatic heterocycles. The summed E-state index contributed by atoms with van der Waals surface area (Å²) in [6.45, 7) is 3.64. The summed E-state index contributed by atoms with van der Waals surface area (Å²) in [7, 11) is 4.59. The maximum absolute atomic E-state index is 12.8. The Morgan fingerprint density at radius 3 is 2.20 bits per heavy atom. The van der Waals surface area contributed by atoms with Gasteiger partial charge in [0.15, 0.2) is 17.3 Å². The van der Waals surface area contributed by atoms with Gasteiger partial charge in [0, 0.05) is 11.5 Å². The van der Waals surface area contributed by atoms with Crippen molar-refractivity contribution in [3.05, 3.63) is 52.3 Å². The van der Waals surface area contributed by atoms with Gasteiger partial charge in [0.2, 0.25) is 11.5 Å². The van der Waals surface area contributed by atoms with E-state index in [1.165, 1.54) is 21.3 Å². The molecule has 1 atom stereocenters. The van der Waals surface area contributed by atoms with E-state index < -0.39 is 5.92 Å². The number of carbonyl (C=O) groups is 2. The van der Waals surface area contributed by atoms with Crippen molar-refractivity contribution in [3.63, 3.8) is 0 Å². The van der Waals surface area contributed by atoms with Crippen LogP contribution >= 0.6 is 0 Å². The van der Waals surface area contributed by atoms with Crippen molar-refractivity contribution in [2.24, 2.45) is 0 Å². The maximum Gasteiger partial charge on any atom is 0.312 e. The molecule has 0 aliphatic carbocycles. The third-order valence-electron chi connectivity index (χ3n) is 5.30. The van der Waals surface area contributed by atoms with Gasteiger partial charge in [-0.15, -0.1) is 0 Å². The van der Waals surface area contributed by atoms with Crippen LogP contribution in [0.3, 0.4) is 0 Å². The molecule has 0 fully saturated rings. The molecule has 0 bridgehead atoms. The smallest absolute Gasteiger partial charge is 0.312 e. The Morgan fingerprint density at radius 2 is 1.63 bits per heavy atom. The zero-order valence-corrected chi connectivity index (χ0v) is 17.5. The standard InChI is InChI=1S/C23H22O7/c1-11(2)21-20(25)13-6-7-15-19(22(13)30-21)14(10-18(24)29-15)12-8-16(26-3)23(28-5)17(9-12)27-4/h6-9,14H,10H2,1-5H3. The zero-order valence-electron chi connectivity index (χ0n) is 17.5. The number of methoxy groups -OCH3 is 3. The number of rotatable bonds is 4. The lowest BCUT2D eigenvalue weighted by molar-refractivity contribution is -0.135. The van der Waals surface area contributed by atoms with Crippen molar-refractivity contribution in [1.29, 1.82) is 0 Å². The summed E-state index contributed by atoms with van der Waals surface area (Å²) in [6, 6.07) is 6.88. The summed E-state index contributed by atoms with van der Waals surface area (Å²) in [6.07, 6.45) is 0.0871. The molecule has 2 heterocycles. The SMILES string of the molecule is COc1cc(C2CC(=O)Oc3ccc4c(c32)OC(=C(C)C)C4=O)cc(OC)c1OC. The fourth-order valence-electron chi connectivity index (χ4n) is 3.91. The minimum absolute atomic E-state index is 0.0871. The second-order valence-electron chi connectivity index (χ2n) is 7.30. The van der Waals surface area contributed by atoms with E-state index in [0.717, 1.165) is 11.1 Å². The number of Topliss-reactive ketones (excluding diaryl/α,β-unsaturated/α-hetero) is 1. The van der Waals surface area contributed by atoms with Gasteiger partial charge in [0.05, 0.1) is 33.3 Å². The molecule has 2 aliphatic rings. The number of benzene rings is 2. The maximum atomic E-state index is 12.8. The van der Waals surface area contributed by atoms with E-state index >= 15 is 0 Å². The highest BCUT2D eigenvalue weighted by atomic mass is 16.5. The number of allylic oxidation sites excluding steroid dienone is 2. The first kappa shape index (κ1) is 19.8. The molecular weight excluding hydrogens is 388 g/mol. The van der Waals surface area contributed by atoms with Gasteiger partial charge in [-0.25, -0.2) is 0 Å². The van der Waals surface area contributed by atoms with E-state index in [1.807, 2.05) is 13.8 Å². The van der Waals surface area contributed by atoms with Gasteiger partial charge in [-0.05, 0) is 49.2 Å². The van der Waals surface area contributed by atoms with Gasteiger partial charge in [-0.1, -0.05) is 0 Å². The van der Waals surface area contributed by atoms with Crippen LogP contribution < -0.4 is 23.7 Å². The lowest BCUT2D eigenvalue weighted by Gasteiger charge is -2.27. The highest BCUT2D eigenvalue weighted by molar-refractivity contribution is 6.13. The Labute approximate surface area is 174 Å². The molecule has 0 saturated heterocycles. The largest absolute Gasteiger partial charge is 0.493 e. The van der Waals surface area contributed by atoms with Crippen molar-refractivity contribution in [1.82, 2.24) is 0 Å². The normalized spacial score (nSPS) is 17.0. The minimum Gasteiger partial charge on any atom is -0.493 e. The zero-order chi connectivity index (χ0) is 21.6. The predicted octanol–water partition coefficient (Wildman–Crippen LogP) is 4.02. The van der Waals surface area contributed by atoms with Gasteiger partial charge in [0.1, 0.15) is 11.5 Å². The highest BCUT2D eigenvalue weighted by Gasteiger charge is 2.39. The van der Waals surface area contributed by atoms with Crippen molar-refractivity contribution in [2.75, 3.05) is 21.3 Å². The van der Waals surface area contributed by atoms with Crippen LogP contribution in [-0.2, 0) is 4.79 Å². The summed E-state index contributed by atoms with van der Waals surface area (Å²) in [5.41, 5.74) is 2.66. The van der Waals surface area contributed by atoms with Gasteiger partial charge in [-0.3, -0.25) is 9.59 Å². The molecule has 2 aromatic carbocycles. The number of hydrogen-bond donors (Lipinski definition) is 0. The highest BCUT2D eigenvalue weighted by Crippen LogP contribution is 2.51. The van der Waals surface area contributed by atoms with Crippen LogP contribution in [0.2, 0.25) is 0 Å². The Balaban J connectivity index is 1.93. The summed E-state index contributed by atoms with van der Waals surface area (Å²) >= 11 is 0. The van der Waals surface area contributed by atoms with Gasteiger partial charge < -0.3 is 23.7 Å². The molecule has 0 saturated carbocycles. The predicted molar refractivity (Wildman–Crippen MR) is 108 cm³/mol. The molecule has 1 unspecified atom stereocenters. The number of fused-ring (bicyclic) bond motifs is 3. The second kappa shape index (κ2) is 7.40. The molecule has 0 spiro atoms. The van der Waals surface area contributed by atoms with Crippen molar-refractivity contribution in [3.8, 4) is 28.7 Å². The van der Waals surface area contributed by atoms with Crippen LogP contribution in [0.25, 0.3) is 0 Å². The Morgan fingerprint density at radius 1 is 0.967 bits per heavy atom. The van der Waals surface area contributed by atoms with Crippen LogP contribution in [0.1, 0.15) is 47.7 Å². The molecule has 2 aromatic rings. The van der Waals surface area contributed by atoms with Crippen LogP contribution in [0.5, 0.6) is 28.7 Å². The van der Waals surface area contributed by atoms with Gasteiger partial charge in [0.25, 0.3) is 0 Å². The second-order valence-corrected chi connectivity index (χ2v) is 7.30. The van der Waals surface area contributed by atoms with E-state index in [0.29, 0.717) is 45.6 Å². The molecule has 7 heteroatoms. The van der Waals surface area contributed by atoms with Crippen molar-refractivity contribution >= 4 is 11.8 Å². The summed E-state index contributed by atoms with van der Waals surface area (Å²) in [5.74, 6) is 1.57. The van der Waals surface area contributed by atoms with Crippen LogP contribution in [-0.4, -0.2) is 33.1 Å². The molecule has 4 rings (SSSR count). The van der Waals surface area contributed by atoms with E-state index in [2.05, 4.69) is 0 Å². The molecule has 0 radical (unpaired) electrons. The van der Waals surface area contributed by atoms with E-state index in [1.54, 1.807) is 24.3 Å². The summed E-state index contributed by atoms with van der Waals surface area (Å²) in [5, 5.41) is 0. The minimum atomic E-state index is -0.408. The fourth-order valence-corrected chi connectivity index (χ4v) is 3.91. The van der Waals surface area contributed by atoms with Crippen LogP contribution in [0.4, 0.5) is 0 Å². The third-order valence-corrected chi connectivity index (χ3v) is 5.30. The number of ketones is 1. The summed E-state index contributed by atoms with van der Waals surface area (Å²) in [4.78, 5) is 25.1. The lowest BCUT2D eigenvalue weighted by Crippen LogP contribution is -2.21. The molecular formula is C23H22O7. The van der Waals surface area contributed by atoms with Crippen LogP contribution in [0, 0.1) is 0 Å². The number of carbonyl (C=O) groups excluding carboxylic acids is 2. The van der Waals surface area contributed by atoms with Crippen LogP contribution in [0.15, 0.2) is 35.6 Å². The molecule has 7 nitrogen and oxygen atoms in total. The molecule has 0 amide bonds. The quantitative estimate of drug-likeness (QED) is 0.428. The van der Waals surface area contributed by atoms with Gasteiger partial charge in [-0.2, -0.15) is 0 Å². The lowest BCUT2D eigenvalue weighted by atomic mass is 9.84. The Hall–Kier alpha value is -3.48. The van der Waals surface area contributed by atoms with Gasteiger partial charge >= 0.3 is 5.97 Å². The summed E-state index contributed by atoms with van der Waals surface area (Å²) < 4.78 is 27.8. The average molecular weight is 410 g/mol. The van der Waals surface area contributed by atoms with E-state index in [9.17, 15) is 9.59 Å². The molecule has 0 aromatic heterocycles. The fraction of sp³-hybridized carbons (Fsp3) is 0.304.